The first kappa shape index (κ1) is 18.1. The highest BCUT2D eigenvalue weighted by Crippen LogP contribution is 2.46. The third kappa shape index (κ3) is 2.93. The molecule has 1 unspecified atom stereocenters. The number of fused-ring (bicyclic) bond motifs is 1. The number of rotatable bonds is 2. The summed E-state index contributed by atoms with van der Waals surface area (Å²) in [7, 11) is 0. The second kappa shape index (κ2) is 6.39. The van der Waals surface area contributed by atoms with E-state index < -0.39 is 0 Å². The zero-order valence-corrected chi connectivity index (χ0v) is 16.8. The molecule has 0 bridgehead atoms. The molecule has 0 spiro atoms. The van der Waals surface area contributed by atoms with Gasteiger partial charge < -0.3 is 4.90 Å². The van der Waals surface area contributed by atoms with E-state index in [0.29, 0.717) is 15.7 Å². The molecule has 1 aliphatic rings. The van der Waals surface area contributed by atoms with Crippen LogP contribution in [0.5, 0.6) is 0 Å². The molecule has 0 saturated heterocycles. The van der Waals surface area contributed by atoms with Crippen molar-refractivity contribution in [3.8, 4) is 11.3 Å². The lowest BCUT2D eigenvalue weighted by Crippen LogP contribution is -2.44. The maximum absolute atomic E-state index is 13.2. The van der Waals surface area contributed by atoms with Crippen molar-refractivity contribution >= 4 is 29.1 Å². The summed E-state index contributed by atoms with van der Waals surface area (Å²) < 4.78 is 0. The number of aromatic amines is 1. The van der Waals surface area contributed by atoms with Crippen LogP contribution in [0.15, 0.2) is 48.5 Å². The molecule has 3 aromatic rings. The van der Waals surface area contributed by atoms with Gasteiger partial charge in [-0.1, -0.05) is 59.6 Å². The van der Waals surface area contributed by atoms with Gasteiger partial charge in [-0.2, -0.15) is 5.10 Å². The molecule has 6 heteroatoms. The average Bonchev–Trinajstić information content (AvgIpc) is 3.17. The van der Waals surface area contributed by atoms with Crippen molar-refractivity contribution in [1.29, 1.82) is 0 Å². The summed E-state index contributed by atoms with van der Waals surface area (Å²) in [5.41, 5.74) is 3.66. The summed E-state index contributed by atoms with van der Waals surface area (Å²) in [5.74, 6) is -0.0664. The van der Waals surface area contributed by atoms with Crippen LogP contribution < -0.4 is 0 Å². The minimum atomic E-state index is -0.387. The van der Waals surface area contributed by atoms with Crippen LogP contribution in [-0.4, -0.2) is 26.5 Å². The molecule has 0 radical (unpaired) electrons. The van der Waals surface area contributed by atoms with E-state index in [2.05, 4.69) is 10.2 Å². The molecule has 2 aromatic carbocycles. The first-order valence-electron chi connectivity index (χ1n) is 8.71. The van der Waals surface area contributed by atoms with Gasteiger partial charge in [-0.3, -0.25) is 9.89 Å². The van der Waals surface area contributed by atoms with Gasteiger partial charge >= 0.3 is 0 Å². The van der Waals surface area contributed by atoms with E-state index in [-0.39, 0.29) is 17.5 Å². The summed E-state index contributed by atoms with van der Waals surface area (Å²) in [4.78, 5) is 15.1. The van der Waals surface area contributed by atoms with E-state index in [1.807, 2.05) is 68.1 Å². The summed E-state index contributed by atoms with van der Waals surface area (Å²) in [6, 6.07) is 15.1. The van der Waals surface area contributed by atoms with E-state index in [1.165, 1.54) is 0 Å². The minimum absolute atomic E-state index is 0.0664. The summed E-state index contributed by atoms with van der Waals surface area (Å²) in [6.07, 6.45) is 0. The summed E-state index contributed by atoms with van der Waals surface area (Å²) in [5, 5.41) is 8.38. The molecule has 138 valence electrons. The largest absolute Gasteiger partial charge is 0.321 e. The zero-order valence-electron chi connectivity index (χ0n) is 15.3. The smallest absolute Gasteiger partial charge is 0.273 e. The number of carbonyl (C=O) groups is 1. The molecule has 0 saturated carbocycles. The monoisotopic (exact) mass is 399 g/mol. The number of hydrogen-bond donors (Lipinski definition) is 1. The summed E-state index contributed by atoms with van der Waals surface area (Å²) >= 11 is 12.4. The van der Waals surface area contributed by atoms with Crippen LogP contribution in [0.1, 0.15) is 48.4 Å². The Morgan fingerprint density at radius 3 is 2.37 bits per heavy atom. The normalized spacial score (nSPS) is 16.7. The molecule has 1 aromatic heterocycles. The predicted molar refractivity (Wildman–Crippen MR) is 108 cm³/mol. The SMILES string of the molecule is CC(C)(C)N1C(=O)c2[nH]nc(-c3ccccc3)c2C1c1ccc(Cl)c(Cl)c1. The quantitative estimate of drug-likeness (QED) is 0.598. The van der Waals surface area contributed by atoms with Gasteiger partial charge in [0.1, 0.15) is 5.69 Å². The maximum atomic E-state index is 13.2. The number of amides is 1. The Hall–Kier alpha value is -2.30. The number of hydrogen-bond acceptors (Lipinski definition) is 2. The molecule has 4 rings (SSSR count). The van der Waals surface area contributed by atoms with Crippen LogP contribution in [0.4, 0.5) is 0 Å². The van der Waals surface area contributed by atoms with Crippen LogP contribution in [0, 0.1) is 0 Å². The van der Waals surface area contributed by atoms with Crippen molar-refractivity contribution in [1.82, 2.24) is 15.1 Å². The molecule has 1 amide bonds. The molecule has 0 aliphatic carbocycles. The van der Waals surface area contributed by atoms with Crippen LogP contribution in [0.2, 0.25) is 10.0 Å². The molecule has 1 aliphatic heterocycles. The third-order valence-electron chi connectivity index (χ3n) is 4.80. The molecule has 4 nitrogen and oxygen atoms in total. The second-order valence-corrected chi connectivity index (χ2v) is 8.46. The van der Waals surface area contributed by atoms with Gasteiger partial charge in [-0.05, 0) is 38.5 Å². The van der Waals surface area contributed by atoms with Gasteiger partial charge in [-0.15, -0.1) is 0 Å². The number of nitrogens with one attached hydrogen (secondary N) is 1. The van der Waals surface area contributed by atoms with Crippen LogP contribution >= 0.6 is 23.2 Å². The first-order valence-corrected chi connectivity index (χ1v) is 9.47. The van der Waals surface area contributed by atoms with Crippen LogP contribution in [0.25, 0.3) is 11.3 Å². The Kier molecular flexibility index (Phi) is 4.28. The minimum Gasteiger partial charge on any atom is -0.321 e. The lowest BCUT2D eigenvalue weighted by atomic mass is 9.93. The number of H-pyrrole nitrogens is 1. The van der Waals surface area contributed by atoms with Crippen molar-refractivity contribution in [2.24, 2.45) is 0 Å². The Balaban J connectivity index is 1.96. The van der Waals surface area contributed by atoms with E-state index in [0.717, 1.165) is 22.4 Å². The van der Waals surface area contributed by atoms with Crippen molar-refractivity contribution in [2.45, 2.75) is 32.4 Å². The van der Waals surface area contributed by atoms with Crippen molar-refractivity contribution in [3.63, 3.8) is 0 Å². The highest BCUT2D eigenvalue weighted by Gasteiger charge is 2.46. The highest BCUT2D eigenvalue weighted by atomic mass is 35.5. The van der Waals surface area contributed by atoms with E-state index in [9.17, 15) is 4.79 Å². The Bertz CT molecular complexity index is 1020. The molecular weight excluding hydrogens is 381 g/mol. The maximum Gasteiger partial charge on any atom is 0.273 e. The first-order chi connectivity index (χ1) is 12.8. The predicted octanol–water partition coefficient (Wildman–Crippen LogP) is 5.73. The van der Waals surface area contributed by atoms with E-state index >= 15 is 0 Å². The number of nitrogens with zero attached hydrogens (tertiary/aromatic N) is 2. The van der Waals surface area contributed by atoms with E-state index in [1.54, 1.807) is 6.07 Å². The van der Waals surface area contributed by atoms with Gasteiger partial charge in [0.15, 0.2) is 0 Å². The van der Waals surface area contributed by atoms with Gasteiger partial charge in [-0.25, -0.2) is 0 Å². The summed E-state index contributed by atoms with van der Waals surface area (Å²) in [6.45, 7) is 6.07. The fraction of sp³-hybridized carbons (Fsp3) is 0.238. The molecule has 1 N–H and O–H groups in total. The van der Waals surface area contributed by atoms with Gasteiger partial charge in [0, 0.05) is 16.7 Å². The molecule has 27 heavy (non-hydrogen) atoms. The van der Waals surface area contributed by atoms with Crippen LogP contribution in [-0.2, 0) is 0 Å². The van der Waals surface area contributed by atoms with Crippen molar-refractivity contribution in [3.05, 3.63) is 75.4 Å². The zero-order chi connectivity index (χ0) is 19.3. The number of aromatic nitrogens is 2. The number of benzene rings is 2. The fourth-order valence-corrected chi connectivity index (χ4v) is 3.96. The Morgan fingerprint density at radius 2 is 1.74 bits per heavy atom. The number of halogens is 2. The second-order valence-electron chi connectivity index (χ2n) is 7.65. The van der Waals surface area contributed by atoms with Crippen molar-refractivity contribution in [2.75, 3.05) is 0 Å². The average molecular weight is 400 g/mol. The topological polar surface area (TPSA) is 49.0 Å². The van der Waals surface area contributed by atoms with Crippen molar-refractivity contribution < 1.29 is 4.79 Å². The molecular formula is C21H19Cl2N3O. The van der Waals surface area contributed by atoms with Crippen LogP contribution in [0.3, 0.4) is 0 Å². The Labute approximate surface area is 168 Å². The van der Waals surface area contributed by atoms with Gasteiger partial charge in [0.05, 0.1) is 21.8 Å². The Morgan fingerprint density at radius 1 is 1.04 bits per heavy atom. The standard InChI is InChI=1S/C21H19Cl2N3O/c1-21(2,3)26-19(13-9-10-14(22)15(23)11-13)16-17(12-7-5-4-6-8-12)24-25-18(16)20(26)27/h4-11,19H,1-3H3,(H,24,25). The lowest BCUT2D eigenvalue weighted by molar-refractivity contribution is 0.0546. The third-order valence-corrected chi connectivity index (χ3v) is 5.54. The van der Waals surface area contributed by atoms with E-state index in [4.69, 9.17) is 23.2 Å². The highest BCUT2D eigenvalue weighted by molar-refractivity contribution is 6.42. The molecule has 2 heterocycles. The fourth-order valence-electron chi connectivity index (χ4n) is 3.65. The number of carbonyl (C=O) groups excluding carboxylic acids is 1. The molecule has 1 atom stereocenters. The molecule has 0 fully saturated rings. The van der Waals surface area contributed by atoms with Gasteiger partial charge in [0.2, 0.25) is 0 Å². The van der Waals surface area contributed by atoms with Gasteiger partial charge in [0.25, 0.3) is 5.91 Å². The lowest BCUT2D eigenvalue weighted by Gasteiger charge is -2.37.